The van der Waals surface area contributed by atoms with Crippen LogP contribution in [0.5, 0.6) is 0 Å². The van der Waals surface area contributed by atoms with Gasteiger partial charge in [-0.15, -0.1) is 0 Å². The predicted molar refractivity (Wildman–Crippen MR) is 214 cm³/mol. The van der Waals surface area contributed by atoms with E-state index in [2.05, 4.69) is 52.0 Å². The number of hydrogen-bond donors (Lipinski definition) is 2. The Bertz CT molecular complexity index is 2520. The molecule has 1 aliphatic heterocycles. The molecule has 2 heterocycles. The Morgan fingerprint density at radius 2 is 1.22 bits per heavy atom. The van der Waals surface area contributed by atoms with E-state index in [1.807, 2.05) is 65.4 Å². The Morgan fingerprint density at radius 3 is 1.83 bits per heavy atom. The average molecular weight is 779 g/mol. The Kier molecular flexibility index (Phi) is 10.1. The first-order valence-electron chi connectivity index (χ1n) is 18.3. The number of fused-ring (bicyclic) bond motifs is 1. The second-order valence-electron chi connectivity index (χ2n) is 13.6. The Morgan fingerprint density at radius 1 is 0.672 bits per heavy atom. The number of benzene rings is 6. The van der Waals surface area contributed by atoms with Crippen LogP contribution in [0.15, 0.2) is 181 Å². The largest absolute Gasteiger partial charge is 0.416 e. The number of nitrogens with zero attached hydrogens (tertiary/aromatic N) is 4. The van der Waals surface area contributed by atoms with E-state index in [0.717, 1.165) is 34.9 Å². The van der Waals surface area contributed by atoms with Gasteiger partial charge in [-0.2, -0.15) is 13.2 Å². The number of rotatable bonds is 9. The minimum Gasteiger partial charge on any atom is -0.319 e. The molecule has 0 unspecified atom stereocenters. The highest BCUT2D eigenvalue weighted by Crippen LogP contribution is 2.41. The maximum absolute atomic E-state index is 15.5. The number of benzodiazepines with no additional fused rings is 1. The van der Waals surface area contributed by atoms with Crippen LogP contribution < -0.4 is 15.5 Å². The van der Waals surface area contributed by atoms with Gasteiger partial charge in [-0.3, -0.25) is 4.79 Å². The molecule has 8 rings (SSSR count). The van der Waals surface area contributed by atoms with Crippen molar-refractivity contribution in [3.63, 3.8) is 0 Å². The summed E-state index contributed by atoms with van der Waals surface area (Å²) in [6.45, 7) is -0.0925. The van der Waals surface area contributed by atoms with Gasteiger partial charge in [0.2, 0.25) is 6.17 Å². The summed E-state index contributed by atoms with van der Waals surface area (Å²) in [4.78, 5) is 39.0. The van der Waals surface area contributed by atoms with E-state index >= 15 is 4.39 Å². The fourth-order valence-electron chi connectivity index (χ4n) is 7.39. The van der Waals surface area contributed by atoms with Crippen molar-refractivity contribution in [1.29, 1.82) is 0 Å². The number of imidazole rings is 1. The first-order chi connectivity index (χ1) is 28.1. The molecule has 1 aromatic heterocycles. The van der Waals surface area contributed by atoms with Crippen LogP contribution >= 0.6 is 0 Å². The van der Waals surface area contributed by atoms with Crippen molar-refractivity contribution in [3.05, 3.63) is 221 Å². The van der Waals surface area contributed by atoms with E-state index < -0.39 is 41.2 Å². The van der Waals surface area contributed by atoms with Gasteiger partial charge in [-0.25, -0.2) is 19.2 Å². The lowest BCUT2D eigenvalue weighted by molar-refractivity contribution is -0.137. The van der Waals surface area contributed by atoms with Gasteiger partial charge in [0.05, 0.1) is 35.5 Å². The number of halogens is 4. The minimum absolute atomic E-state index is 0.0809. The Balaban J connectivity index is 1.21. The molecule has 0 saturated heterocycles. The van der Waals surface area contributed by atoms with Crippen LogP contribution in [-0.4, -0.2) is 33.4 Å². The van der Waals surface area contributed by atoms with Crippen LogP contribution in [0.25, 0.3) is 0 Å². The topological polar surface area (TPSA) is 91.6 Å². The number of para-hydroxylation sites is 1. The first kappa shape index (κ1) is 37.6. The highest BCUT2D eigenvalue weighted by atomic mass is 19.4. The lowest BCUT2D eigenvalue weighted by Crippen LogP contribution is -2.48. The zero-order chi connectivity index (χ0) is 40.3. The number of urea groups is 1. The van der Waals surface area contributed by atoms with Gasteiger partial charge >= 0.3 is 12.2 Å². The highest BCUT2D eigenvalue weighted by molar-refractivity contribution is 6.20. The third-order valence-electron chi connectivity index (χ3n) is 9.97. The molecule has 7 aromatic rings. The zero-order valence-corrected chi connectivity index (χ0v) is 30.6. The molecular weight excluding hydrogens is 745 g/mol. The molecular formula is C46H34F4N6O2. The van der Waals surface area contributed by atoms with E-state index in [-0.39, 0.29) is 23.5 Å². The molecule has 0 bridgehead atoms. The van der Waals surface area contributed by atoms with E-state index in [1.165, 1.54) is 29.2 Å². The summed E-state index contributed by atoms with van der Waals surface area (Å²) in [7, 11) is 0. The fourth-order valence-corrected chi connectivity index (χ4v) is 7.39. The van der Waals surface area contributed by atoms with Crippen LogP contribution in [0.1, 0.15) is 39.1 Å². The van der Waals surface area contributed by atoms with Crippen molar-refractivity contribution >= 4 is 29.0 Å². The number of amides is 3. The molecule has 0 saturated carbocycles. The molecule has 12 heteroatoms. The van der Waals surface area contributed by atoms with E-state index in [0.29, 0.717) is 16.9 Å². The molecule has 0 fully saturated rings. The molecule has 58 heavy (non-hydrogen) atoms. The number of hydrogen-bond acceptors (Lipinski definition) is 4. The van der Waals surface area contributed by atoms with Gasteiger partial charge in [0.15, 0.2) is 0 Å². The van der Waals surface area contributed by atoms with Crippen LogP contribution in [0, 0.1) is 5.82 Å². The van der Waals surface area contributed by atoms with Crippen molar-refractivity contribution in [2.75, 3.05) is 10.2 Å². The maximum Gasteiger partial charge on any atom is 0.416 e. The average Bonchev–Trinajstić information content (AvgIpc) is 3.68. The SMILES string of the molecule is O=C(Nc1cccc(C(F)(F)F)c1)N[C@@H]1N=C(c2ccccc2F)c2ccccc2N(Cc2cn(C(c3ccccc3)(c3ccccc3)c3ccccc3)cn2)C1=O. The number of carbonyl (C=O) groups is 2. The number of carbonyl (C=O) groups excluding carboxylic acids is 2. The van der Waals surface area contributed by atoms with Gasteiger partial charge in [-0.05, 0) is 53.1 Å². The normalized spacial score (nSPS) is 14.3. The summed E-state index contributed by atoms with van der Waals surface area (Å²) in [6, 6.07) is 45.9. The summed E-state index contributed by atoms with van der Waals surface area (Å²) < 4.78 is 57.9. The molecule has 3 amide bonds. The van der Waals surface area contributed by atoms with Crippen LogP contribution in [0.3, 0.4) is 0 Å². The first-order valence-corrected chi connectivity index (χ1v) is 18.3. The van der Waals surface area contributed by atoms with Crippen molar-refractivity contribution in [2.45, 2.75) is 24.4 Å². The molecule has 2 N–H and O–H groups in total. The fraction of sp³-hybridized carbons (Fsp3) is 0.0870. The Hall–Kier alpha value is -7.34. The summed E-state index contributed by atoms with van der Waals surface area (Å²) >= 11 is 0. The van der Waals surface area contributed by atoms with E-state index in [9.17, 15) is 22.8 Å². The van der Waals surface area contributed by atoms with Gasteiger partial charge in [-0.1, -0.05) is 127 Å². The third kappa shape index (κ3) is 7.23. The summed E-state index contributed by atoms with van der Waals surface area (Å²) in [5, 5.41) is 4.90. The number of nitrogens with one attached hydrogen (secondary N) is 2. The lowest BCUT2D eigenvalue weighted by atomic mass is 9.77. The van der Waals surface area contributed by atoms with Crippen molar-refractivity contribution < 1.29 is 27.2 Å². The standard InChI is InChI=1S/C46H34F4N6O2/c47-39-25-12-10-23-37(39)41-38-24-11-13-26-40(38)56(43(57)42(53-41)54-44(58)52-35-22-14-21-34(27-35)46(48,49)50)29-36-28-55(30-51-36)45(31-15-4-1-5-16-31,32-17-6-2-7-18-32)33-19-8-3-9-20-33/h1-28,30,42H,29H2,(H2,52,54,58)/t42-/m0/s1. The summed E-state index contributed by atoms with van der Waals surface area (Å²) in [5.74, 6) is -1.30. The molecule has 6 aromatic carbocycles. The van der Waals surface area contributed by atoms with Crippen LogP contribution in [-0.2, 0) is 23.1 Å². The lowest BCUT2D eigenvalue weighted by Gasteiger charge is -2.37. The number of anilines is 2. The molecule has 0 radical (unpaired) electrons. The van der Waals surface area contributed by atoms with Crippen LogP contribution in [0.2, 0.25) is 0 Å². The predicted octanol–water partition coefficient (Wildman–Crippen LogP) is 9.41. The van der Waals surface area contributed by atoms with E-state index in [4.69, 9.17) is 4.98 Å². The van der Waals surface area contributed by atoms with Crippen LogP contribution in [0.4, 0.5) is 33.7 Å². The molecule has 288 valence electrons. The highest BCUT2D eigenvalue weighted by Gasteiger charge is 2.39. The zero-order valence-electron chi connectivity index (χ0n) is 30.6. The Labute approximate surface area is 331 Å². The van der Waals surface area contributed by atoms with Gasteiger partial charge in [0, 0.05) is 23.0 Å². The number of alkyl halides is 3. The smallest absolute Gasteiger partial charge is 0.319 e. The van der Waals surface area contributed by atoms with Gasteiger partial charge < -0.3 is 20.1 Å². The molecule has 1 atom stereocenters. The van der Waals surface area contributed by atoms with Crippen molar-refractivity contribution in [2.24, 2.45) is 4.99 Å². The van der Waals surface area contributed by atoms with Crippen molar-refractivity contribution in [3.8, 4) is 0 Å². The van der Waals surface area contributed by atoms with Gasteiger partial charge in [0.25, 0.3) is 5.91 Å². The molecule has 0 aliphatic carbocycles. The molecule has 1 aliphatic rings. The second kappa shape index (κ2) is 15.7. The number of aliphatic imine (C=N–C) groups is 1. The van der Waals surface area contributed by atoms with Crippen molar-refractivity contribution in [1.82, 2.24) is 14.9 Å². The quantitative estimate of drug-likeness (QED) is 0.113. The molecule has 0 spiro atoms. The third-order valence-corrected chi connectivity index (χ3v) is 9.97. The minimum atomic E-state index is -4.65. The summed E-state index contributed by atoms with van der Waals surface area (Å²) in [5.41, 5.74) is 2.34. The van der Waals surface area contributed by atoms with E-state index in [1.54, 1.807) is 36.7 Å². The second-order valence-corrected chi connectivity index (χ2v) is 13.6. The van der Waals surface area contributed by atoms with Gasteiger partial charge in [0.1, 0.15) is 11.4 Å². The number of aromatic nitrogens is 2. The molecule has 8 nitrogen and oxygen atoms in total. The maximum atomic E-state index is 15.5. The summed E-state index contributed by atoms with van der Waals surface area (Å²) in [6.07, 6.45) is -2.69. The monoisotopic (exact) mass is 778 g/mol.